The van der Waals surface area contributed by atoms with Gasteiger partial charge in [0.05, 0.1) is 22.0 Å². The lowest BCUT2D eigenvalue weighted by Crippen LogP contribution is -2.47. The zero-order valence-corrected chi connectivity index (χ0v) is 27.3. The third-order valence-electron chi connectivity index (χ3n) is 6.92. The van der Waals surface area contributed by atoms with Crippen LogP contribution in [0.2, 0.25) is 5.02 Å². The van der Waals surface area contributed by atoms with Crippen molar-refractivity contribution in [2.75, 3.05) is 23.1 Å². The largest absolute Gasteiger partial charge is 0.444 e. The normalized spacial score (nSPS) is 15.3. The Morgan fingerprint density at radius 2 is 1.87 bits per heavy atom. The zero-order valence-electron chi connectivity index (χ0n) is 25.8. The number of amides is 1. The lowest BCUT2D eigenvalue weighted by molar-refractivity contribution is 0.0206. The van der Waals surface area contributed by atoms with Gasteiger partial charge in [-0.3, -0.25) is 4.72 Å². The third kappa shape index (κ3) is 8.01. The van der Waals surface area contributed by atoms with Crippen molar-refractivity contribution < 1.29 is 27.1 Å². The number of anilines is 2. The molecule has 1 aliphatic rings. The van der Waals surface area contributed by atoms with Crippen molar-refractivity contribution in [2.45, 2.75) is 57.1 Å². The minimum Gasteiger partial charge on any atom is -0.444 e. The standard InChI is InChI=1S/C32H34ClFN6O5S/c1-20-17-22(39-46(42,43)27-12-6-5-11-24(27)33)18-25(34)28(20)44-29-23(10-7-14-35-29)26-13-15-36-30(38-26)37-21-9-8-16-40(19-21)31(41)45-32(2,3)4/h5-7,10-15,17-18,21,39H,8-9,16,19H2,1-4H3,(H,36,37,38)/t21-/m0/s1. The van der Waals surface area contributed by atoms with Crippen LogP contribution >= 0.6 is 11.6 Å². The number of piperidine rings is 1. The Hall–Kier alpha value is -4.49. The van der Waals surface area contributed by atoms with E-state index in [-0.39, 0.29) is 39.4 Å². The number of aromatic nitrogens is 3. The van der Waals surface area contributed by atoms with E-state index in [1.807, 2.05) is 20.8 Å². The van der Waals surface area contributed by atoms with Crippen molar-refractivity contribution >= 4 is 39.4 Å². The molecule has 0 radical (unpaired) electrons. The number of pyridine rings is 1. The molecule has 1 aliphatic heterocycles. The highest BCUT2D eigenvalue weighted by molar-refractivity contribution is 7.92. The van der Waals surface area contributed by atoms with Crippen LogP contribution in [0.15, 0.2) is 71.9 Å². The van der Waals surface area contributed by atoms with Crippen LogP contribution in [0.3, 0.4) is 0 Å². The second-order valence-electron chi connectivity index (χ2n) is 11.8. The van der Waals surface area contributed by atoms with Crippen LogP contribution in [-0.4, -0.2) is 59.1 Å². The molecule has 11 nitrogen and oxygen atoms in total. The van der Waals surface area contributed by atoms with Crippen LogP contribution in [0, 0.1) is 12.7 Å². The lowest BCUT2D eigenvalue weighted by Gasteiger charge is -2.34. The third-order valence-corrected chi connectivity index (χ3v) is 8.80. The highest BCUT2D eigenvalue weighted by Gasteiger charge is 2.28. The molecule has 1 saturated heterocycles. The molecule has 0 bridgehead atoms. The fourth-order valence-corrected chi connectivity index (χ4v) is 6.46. The smallest absolute Gasteiger partial charge is 0.410 e. The van der Waals surface area contributed by atoms with Crippen LogP contribution in [0.1, 0.15) is 39.2 Å². The molecule has 2 N–H and O–H groups in total. The number of nitrogens with zero attached hydrogens (tertiary/aromatic N) is 4. The van der Waals surface area contributed by atoms with Crippen molar-refractivity contribution in [1.82, 2.24) is 19.9 Å². The van der Waals surface area contributed by atoms with Crippen molar-refractivity contribution in [3.8, 4) is 22.9 Å². The molecule has 46 heavy (non-hydrogen) atoms. The van der Waals surface area contributed by atoms with Gasteiger partial charge in [0, 0.05) is 37.6 Å². The molecule has 5 rings (SSSR count). The van der Waals surface area contributed by atoms with E-state index in [4.69, 9.17) is 21.1 Å². The maximum absolute atomic E-state index is 15.4. The number of carbonyl (C=O) groups excluding carboxylic acids is 1. The monoisotopic (exact) mass is 668 g/mol. The summed E-state index contributed by atoms with van der Waals surface area (Å²) in [5.41, 5.74) is 0.696. The second kappa shape index (κ2) is 13.5. The number of sulfonamides is 1. The molecule has 1 atom stereocenters. The predicted octanol–water partition coefficient (Wildman–Crippen LogP) is 7.04. The van der Waals surface area contributed by atoms with Gasteiger partial charge in [0.1, 0.15) is 10.5 Å². The second-order valence-corrected chi connectivity index (χ2v) is 13.8. The minimum atomic E-state index is -4.07. The molecule has 2 aromatic carbocycles. The number of halogens is 2. The Bertz CT molecular complexity index is 1830. The number of nitrogens with one attached hydrogen (secondary N) is 2. The first-order valence-corrected chi connectivity index (χ1v) is 16.4. The SMILES string of the molecule is Cc1cc(NS(=O)(=O)c2ccccc2Cl)cc(F)c1Oc1ncccc1-c1ccnc(N[C@H]2CCCN(C(=O)OC(C)(C)C)C2)n1. The van der Waals surface area contributed by atoms with E-state index in [0.29, 0.717) is 35.9 Å². The Morgan fingerprint density at radius 3 is 2.61 bits per heavy atom. The highest BCUT2D eigenvalue weighted by atomic mass is 35.5. The van der Waals surface area contributed by atoms with Crippen LogP contribution in [-0.2, 0) is 14.8 Å². The van der Waals surface area contributed by atoms with E-state index in [0.717, 1.165) is 18.9 Å². The Labute approximate surface area is 272 Å². The summed E-state index contributed by atoms with van der Waals surface area (Å²) in [5.74, 6) is -0.490. The van der Waals surface area contributed by atoms with Gasteiger partial charge < -0.3 is 19.7 Å². The first-order chi connectivity index (χ1) is 21.8. The molecule has 14 heteroatoms. The molecular weight excluding hydrogens is 635 g/mol. The number of hydrogen-bond donors (Lipinski definition) is 2. The fourth-order valence-electron chi connectivity index (χ4n) is 4.90. The summed E-state index contributed by atoms with van der Waals surface area (Å²) in [6, 6.07) is 13.5. The summed E-state index contributed by atoms with van der Waals surface area (Å²) in [5, 5.41) is 3.35. The van der Waals surface area contributed by atoms with Gasteiger partial charge in [-0.05, 0) is 82.5 Å². The molecule has 0 unspecified atom stereocenters. The summed E-state index contributed by atoms with van der Waals surface area (Å²) < 4.78 is 55.0. The van der Waals surface area contributed by atoms with Crippen LogP contribution in [0.4, 0.5) is 20.8 Å². The Morgan fingerprint density at radius 1 is 1.09 bits per heavy atom. The first-order valence-electron chi connectivity index (χ1n) is 14.6. The van der Waals surface area contributed by atoms with E-state index in [2.05, 4.69) is 25.0 Å². The van der Waals surface area contributed by atoms with Gasteiger partial charge in [-0.1, -0.05) is 23.7 Å². The van der Waals surface area contributed by atoms with Crippen LogP contribution < -0.4 is 14.8 Å². The highest BCUT2D eigenvalue weighted by Crippen LogP contribution is 2.35. The van der Waals surface area contributed by atoms with Crippen LogP contribution in [0.25, 0.3) is 11.3 Å². The molecule has 0 aliphatic carbocycles. The number of ether oxygens (including phenoxy) is 2. The van der Waals surface area contributed by atoms with Crippen LogP contribution in [0.5, 0.6) is 11.6 Å². The summed E-state index contributed by atoms with van der Waals surface area (Å²) >= 11 is 6.06. The van der Waals surface area contributed by atoms with Gasteiger partial charge in [-0.2, -0.15) is 0 Å². The van der Waals surface area contributed by atoms with Gasteiger partial charge in [0.25, 0.3) is 10.0 Å². The van der Waals surface area contributed by atoms with Gasteiger partial charge in [0.15, 0.2) is 11.6 Å². The number of benzene rings is 2. The summed E-state index contributed by atoms with van der Waals surface area (Å²) in [6.07, 6.45) is 4.34. The zero-order chi connectivity index (χ0) is 33.1. The number of hydrogen-bond acceptors (Lipinski definition) is 9. The van der Waals surface area contributed by atoms with E-state index in [1.165, 1.54) is 24.4 Å². The average Bonchev–Trinajstić information content (AvgIpc) is 2.98. The van der Waals surface area contributed by atoms with Gasteiger partial charge >= 0.3 is 6.09 Å². The molecule has 242 valence electrons. The Kier molecular flexibility index (Phi) is 9.63. The molecule has 1 fully saturated rings. The first kappa shape index (κ1) is 32.9. The van der Waals surface area contributed by atoms with E-state index < -0.39 is 21.4 Å². The maximum atomic E-state index is 15.4. The molecule has 0 saturated carbocycles. The van der Waals surface area contributed by atoms with Crippen molar-refractivity contribution in [2.24, 2.45) is 0 Å². The topological polar surface area (TPSA) is 136 Å². The van der Waals surface area contributed by atoms with Gasteiger partial charge in [-0.25, -0.2) is 32.6 Å². The van der Waals surface area contributed by atoms with Gasteiger partial charge in [-0.15, -0.1) is 0 Å². The average molecular weight is 669 g/mol. The Balaban J connectivity index is 1.33. The van der Waals surface area contributed by atoms with Crippen molar-refractivity contribution in [1.29, 1.82) is 0 Å². The number of carbonyl (C=O) groups is 1. The molecule has 1 amide bonds. The lowest BCUT2D eigenvalue weighted by atomic mass is 10.1. The van der Waals surface area contributed by atoms with Crippen molar-refractivity contribution in [3.63, 3.8) is 0 Å². The predicted molar refractivity (Wildman–Crippen MR) is 173 cm³/mol. The summed E-state index contributed by atoms with van der Waals surface area (Å²) in [7, 11) is -4.07. The summed E-state index contributed by atoms with van der Waals surface area (Å²) in [4.78, 5) is 27.5. The number of aryl methyl sites for hydroxylation is 1. The van der Waals surface area contributed by atoms with Gasteiger partial charge in [0.2, 0.25) is 11.8 Å². The molecular formula is C32H34ClFN6O5S. The molecule has 4 aromatic rings. The van der Waals surface area contributed by atoms with E-state index in [1.54, 1.807) is 48.4 Å². The number of rotatable bonds is 8. The maximum Gasteiger partial charge on any atom is 0.410 e. The minimum absolute atomic E-state index is 0.00276. The molecule has 0 spiro atoms. The van der Waals surface area contributed by atoms with E-state index in [9.17, 15) is 13.2 Å². The molecule has 2 aromatic heterocycles. The summed E-state index contributed by atoms with van der Waals surface area (Å²) in [6.45, 7) is 8.13. The quantitative estimate of drug-likeness (QED) is 0.203. The number of likely N-dealkylation sites (tertiary alicyclic amines) is 1. The molecule has 3 heterocycles. The fraction of sp³-hybridized carbons (Fsp3) is 0.312. The van der Waals surface area contributed by atoms with Crippen molar-refractivity contribution in [3.05, 3.63) is 83.4 Å². The van der Waals surface area contributed by atoms with E-state index >= 15 is 4.39 Å².